The molecule has 2 bridgehead atoms. The van der Waals surface area contributed by atoms with Gasteiger partial charge in [0.2, 0.25) is 5.91 Å². The van der Waals surface area contributed by atoms with Crippen molar-refractivity contribution in [2.75, 3.05) is 5.32 Å². The molecule has 0 spiro atoms. The van der Waals surface area contributed by atoms with Crippen LogP contribution in [0.15, 0.2) is 28.7 Å². The van der Waals surface area contributed by atoms with E-state index in [1.807, 2.05) is 6.07 Å². The summed E-state index contributed by atoms with van der Waals surface area (Å²) in [7, 11) is 0. The standard InChI is InChI=1S/C17H18BrNO4/c1-15(2)16(3)8-9-17(15,14(22)23-13(16)21)12(20)19-11-7-5-4-6-10(11)18/h4-7H,8-9H2,1-3H3,(H,19,20). The number of fused-ring (bicyclic) bond motifs is 2. The second-order valence-corrected chi connectivity index (χ2v) is 7.83. The van der Waals surface area contributed by atoms with Gasteiger partial charge in [-0.25, -0.2) is 0 Å². The van der Waals surface area contributed by atoms with Crippen LogP contribution in [0.4, 0.5) is 5.69 Å². The molecule has 1 aliphatic carbocycles. The number of carbonyl (C=O) groups is 3. The number of ether oxygens (including phenoxy) is 1. The van der Waals surface area contributed by atoms with Crippen molar-refractivity contribution in [3.8, 4) is 0 Å². The molecular weight excluding hydrogens is 362 g/mol. The van der Waals surface area contributed by atoms with Gasteiger partial charge in [0.1, 0.15) is 0 Å². The van der Waals surface area contributed by atoms with E-state index in [2.05, 4.69) is 21.2 Å². The third-order valence-corrected chi connectivity index (χ3v) is 6.63. The van der Waals surface area contributed by atoms with Crippen LogP contribution < -0.4 is 5.32 Å². The number of cyclic esters (lactones) is 2. The van der Waals surface area contributed by atoms with Crippen LogP contribution in [0.25, 0.3) is 0 Å². The lowest BCUT2D eigenvalue weighted by Gasteiger charge is -2.48. The minimum atomic E-state index is -1.36. The van der Waals surface area contributed by atoms with E-state index in [1.54, 1.807) is 39.0 Å². The molecule has 23 heavy (non-hydrogen) atoms. The average molecular weight is 380 g/mol. The van der Waals surface area contributed by atoms with Crippen molar-refractivity contribution in [3.05, 3.63) is 28.7 Å². The molecule has 6 heteroatoms. The van der Waals surface area contributed by atoms with Crippen LogP contribution in [0.1, 0.15) is 33.6 Å². The quantitative estimate of drug-likeness (QED) is 0.631. The van der Waals surface area contributed by atoms with E-state index < -0.39 is 34.1 Å². The predicted octanol–water partition coefficient (Wildman–Crippen LogP) is 3.28. The number of rotatable bonds is 2. The Labute approximate surface area is 142 Å². The molecule has 1 saturated heterocycles. The Balaban J connectivity index is 2.04. The zero-order chi connectivity index (χ0) is 17.0. The number of hydrogen-bond acceptors (Lipinski definition) is 4. The SMILES string of the molecule is CC12CCC(C(=O)Nc3ccccc3Br)(C(=O)OC1=O)C2(C)C. The van der Waals surface area contributed by atoms with Gasteiger partial charge in [0.05, 0.1) is 11.1 Å². The Morgan fingerprint density at radius 2 is 1.78 bits per heavy atom. The molecule has 2 atom stereocenters. The van der Waals surface area contributed by atoms with Gasteiger partial charge in [0.25, 0.3) is 0 Å². The summed E-state index contributed by atoms with van der Waals surface area (Å²) in [6.07, 6.45) is 0.755. The maximum atomic E-state index is 13.0. The normalized spacial score (nSPS) is 31.7. The van der Waals surface area contributed by atoms with Gasteiger partial charge >= 0.3 is 11.9 Å². The number of hydrogen-bond donors (Lipinski definition) is 1. The smallest absolute Gasteiger partial charge is 0.329 e. The summed E-state index contributed by atoms with van der Waals surface area (Å²) in [4.78, 5) is 37.8. The first-order valence-electron chi connectivity index (χ1n) is 7.49. The van der Waals surface area contributed by atoms with Crippen molar-refractivity contribution in [1.82, 2.24) is 0 Å². The molecule has 0 radical (unpaired) electrons. The fourth-order valence-corrected chi connectivity index (χ4v) is 4.20. The number of carbonyl (C=O) groups excluding carboxylic acids is 3. The number of benzene rings is 1. The fraction of sp³-hybridized carbons (Fsp3) is 0.471. The highest BCUT2D eigenvalue weighted by atomic mass is 79.9. The maximum absolute atomic E-state index is 13.0. The predicted molar refractivity (Wildman–Crippen MR) is 87.4 cm³/mol. The molecule has 1 aromatic rings. The van der Waals surface area contributed by atoms with Crippen molar-refractivity contribution in [3.63, 3.8) is 0 Å². The molecule has 1 N–H and O–H groups in total. The molecule has 0 aromatic heterocycles. The number of para-hydroxylation sites is 1. The molecule has 1 saturated carbocycles. The van der Waals surface area contributed by atoms with Gasteiger partial charge in [-0.05, 0) is 47.8 Å². The average Bonchev–Trinajstić information content (AvgIpc) is 2.63. The number of nitrogens with one attached hydrogen (secondary N) is 1. The van der Waals surface area contributed by atoms with E-state index in [9.17, 15) is 14.4 Å². The van der Waals surface area contributed by atoms with E-state index in [0.717, 1.165) is 4.47 Å². The monoisotopic (exact) mass is 379 g/mol. The minimum absolute atomic E-state index is 0.303. The third-order valence-electron chi connectivity index (χ3n) is 5.94. The molecule has 1 aliphatic heterocycles. The summed E-state index contributed by atoms with van der Waals surface area (Å²) in [5.74, 6) is -1.70. The largest absolute Gasteiger partial charge is 0.392 e. The van der Waals surface area contributed by atoms with Gasteiger partial charge in [-0.3, -0.25) is 14.4 Å². The Hall–Kier alpha value is -1.69. The number of halogens is 1. The van der Waals surface area contributed by atoms with E-state index in [1.165, 1.54) is 0 Å². The molecule has 2 unspecified atom stereocenters. The van der Waals surface area contributed by atoms with Gasteiger partial charge in [-0.1, -0.05) is 26.0 Å². The number of anilines is 1. The van der Waals surface area contributed by atoms with Crippen LogP contribution in [-0.2, 0) is 19.1 Å². The summed E-state index contributed by atoms with van der Waals surface area (Å²) < 4.78 is 5.68. The van der Waals surface area contributed by atoms with Gasteiger partial charge in [-0.2, -0.15) is 0 Å². The van der Waals surface area contributed by atoms with E-state index in [0.29, 0.717) is 18.5 Å². The highest BCUT2D eigenvalue weighted by Gasteiger charge is 2.75. The lowest BCUT2D eigenvalue weighted by molar-refractivity contribution is -0.195. The molecule has 2 fully saturated rings. The van der Waals surface area contributed by atoms with E-state index in [-0.39, 0.29) is 0 Å². The topological polar surface area (TPSA) is 72.5 Å². The second-order valence-electron chi connectivity index (χ2n) is 6.97. The fourth-order valence-electron chi connectivity index (χ4n) is 3.81. The van der Waals surface area contributed by atoms with E-state index in [4.69, 9.17) is 4.74 Å². The zero-order valence-electron chi connectivity index (χ0n) is 13.2. The van der Waals surface area contributed by atoms with Crippen LogP contribution in [0.5, 0.6) is 0 Å². The number of esters is 2. The first-order valence-corrected chi connectivity index (χ1v) is 8.29. The Morgan fingerprint density at radius 3 is 2.43 bits per heavy atom. The molecule has 122 valence electrons. The molecule has 1 aromatic carbocycles. The van der Waals surface area contributed by atoms with Crippen LogP contribution in [0.3, 0.4) is 0 Å². The van der Waals surface area contributed by atoms with Crippen molar-refractivity contribution in [1.29, 1.82) is 0 Å². The molecule has 2 aliphatic rings. The van der Waals surface area contributed by atoms with Crippen LogP contribution in [0.2, 0.25) is 0 Å². The van der Waals surface area contributed by atoms with Crippen molar-refractivity contribution in [2.45, 2.75) is 33.6 Å². The van der Waals surface area contributed by atoms with Crippen molar-refractivity contribution < 1.29 is 19.1 Å². The summed E-state index contributed by atoms with van der Waals surface area (Å²) >= 11 is 3.38. The number of amides is 1. The van der Waals surface area contributed by atoms with Crippen LogP contribution in [0, 0.1) is 16.2 Å². The van der Waals surface area contributed by atoms with Gasteiger partial charge < -0.3 is 10.1 Å². The second kappa shape index (κ2) is 4.90. The molecule has 1 heterocycles. The zero-order valence-corrected chi connectivity index (χ0v) is 14.8. The lowest BCUT2D eigenvalue weighted by Crippen LogP contribution is -2.61. The van der Waals surface area contributed by atoms with Crippen molar-refractivity contribution >= 4 is 39.5 Å². The van der Waals surface area contributed by atoms with Gasteiger partial charge in [0.15, 0.2) is 5.41 Å². The highest BCUT2D eigenvalue weighted by Crippen LogP contribution is 2.66. The van der Waals surface area contributed by atoms with Gasteiger partial charge in [-0.15, -0.1) is 0 Å². The molecule has 3 rings (SSSR count). The Bertz CT molecular complexity index is 729. The minimum Gasteiger partial charge on any atom is -0.392 e. The molecular formula is C17H18BrNO4. The Kier molecular flexibility index (Phi) is 3.45. The summed E-state index contributed by atoms with van der Waals surface area (Å²) in [6, 6.07) is 7.19. The third kappa shape index (κ3) is 1.87. The van der Waals surface area contributed by atoms with Crippen molar-refractivity contribution in [2.24, 2.45) is 16.2 Å². The summed E-state index contributed by atoms with van der Waals surface area (Å²) in [5, 5.41) is 2.82. The van der Waals surface area contributed by atoms with Crippen LogP contribution >= 0.6 is 15.9 Å². The first kappa shape index (κ1) is 16.2. The summed E-state index contributed by atoms with van der Waals surface area (Å²) in [6.45, 7) is 5.38. The first-order chi connectivity index (χ1) is 10.7. The van der Waals surface area contributed by atoms with E-state index >= 15 is 0 Å². The summed E-state index contributed by atoms with van der Waals surface area (Å²) in [5.41, 5.74) is -2.43. The highest BCUT2D eigenvalue weighted by molar-refractivity contribution is 9.10. The van der Waals surface area contributed by atoms with Gasteiger partial charge in [0, 0.05) is 9.89 Å². The van der Waals surface area contributed by atoms with Crippen LogP contribution in [-0.4, -0.2) is 17.8 Å². The molecule has 1 amide bonds. The Morgan fingerprint density at radius 1 is 1.13 bits per heavy atom. The molecule has 5 nitrogen and oxygen atoms in total. The lowest BCUT2D eigenvalue weighted by atomic mass is 9.57. The maximum Gasteiger partial charge on any atom is 0.329 e.